The number of carbonyl (C=O) groups is 2. The van der Waals surface area contributed by atoms with Gasteiger partial charge in [-0.15, -0.1) is 0 Å². The van der Waals surface area contributed by atoms with E-state index in [1.54, 1.807) is 9.80 Å². The summed E-state index contributed by atoms with van der Waals surface area (Å²) in [6.07, 6.45) is -0.348. The Morgan fingerprint density at radius 3 is 0.798 bits per heavy atom. The Bertz CT molecular complexity index is 2660. The zero-order valence-electron chi connectivity index (χ0n) is 64.7. The van der Waals surface area contributed by atoms with Gasteiger partial charge in [0, 0.05) is 52.4 Å². The lowest BCUT2D eigenvalue weighted by atomic mass is 10.0. The van der Waals surface area contributed by atoms with Crippen LogP contribution in [0.4, 0.5) is 9.59 Å². The summed E-state index contributed by atoms with van der Waals surface area (Å²) in [5.74, 6) is -11.5. The monoisotopic (exact) mass is 1490 g/mol. The number of hydrogen-bond acceptors (Lipinski definition) is 28. The van der Waals surface area contributed by atoms with Crippen molar-refractivity contribution < 1.29 is 123 Å². The van der Waals surface area contributed by atoms with Gasteiger partial charge in [-0.1, -0.05) is 0 Å². The van der Waals surface area contributed by atoms with Gasteiger partial charge in [-0.3, -0.25) is 0 Å². The van der Waals surface area contributed by atoms with Crippen molar-refractivity contribution in [1.29, 1.82) is 0 Å². The lowest BCUT2D eigenvalue weighted by molar-refractivity contribution is -0.320. The minimum absolute atomic E-state index is 0.227. The highest BCUT2D eigenvalue weighted by molar-refractivity contribution is 5.75. The molecule has 12 rings (SSSR count). The Hall–Kier alpha value is -2.50. The molecule has 12 saturated heterocycles. The maximum Gasteiger partial charge on any atom is 0.317 e. The second-order valence-electron chi connectivity index (χ2n) is 32.9. The fraction of sp³-hybridized carbons (Fsp3) is 0.972. The minimum atomic E-state index is -1.28. The smallest absolute Gasteiger partial charge is 0.317 e. The number of nitrogens with one attached hydrogen (secondary N) is 4. The number of ether oxygens (including phenoxy) is 24. The number of nitrogens with zero attached hydrogens (tertiary/aromatic N) is 2. The Morgan fingerprint density at radius 1 is 0.288 bits per heavy atom. The topological polar surface area (TPSA) is 310 Å². The molecule has 32 heteroatoms. The molecule has 12 aliphatic heterocycles. The number of urea groups is 2. The molecule has 12 aliphatic rings. The van der Waals surface area contributed by atoms with Gasteiger partial charge >= 0.3 is 12.1 Å². The number of carbonyl (C=O) groups excluding carboxylic acids is 2. The number of rotatable bonds is 37. The summed E-state index contributed by atoms with van der Waals surface area (Å²) in [5, 5.41) is 13.3. The first kappa shape index (κ1) is 81.0. The zero-order chi connectivity index (χ0) is 74.2. The van der Waals surface area contributed by atoms with Crippen LogP contribution in [-0.2, 0) is 114 Å². The highest BCUT2D eigenvalue weighted by Crippen LogP contribution is 2.51. The first-order valence-corrected chi connectivity index (χ1v) is 38.3. The third-order valence-electron chi connectivity index (χ3n) is 20.9. The standard InChI is InChI=1S/C72H124N6O26/c1-61(2)85-43-51(97-61)69(55-47(39-89-69)93-65(9,10)101-55)81-35-21-17-25-73-27-29-75-59(79)77(31-19-23-37-83-71(53-45-87-63(5,6)99-53)57-49(41-91-71)95-67(13,14)103-57)33-34-78(32-20-24-38-84-72(54-46-88-64(7,8)100-54)58-50(42-92-72)96-68(15,16)104-58)60(80)76-30-28-74-26-18-22-36-82-70(52-44-86-62(3,4)98-52)56-48(40-90-70)94-66(11,12)102-56/h47-58,73-74H,17-46H2,1-16H3,(H,75,79)(H,76,80)/t47-,48-,49-,50-,51+,52+,53+,54+,55+,56+,57+,58+,69+,70+,71+,72+/m0/s1. The largest absolute Gasteiger partial charge is 0.348 e. The molecule has 0 aromatic carbocycles. The van der Waals surface area contributed by atoms with E-state index in [2.05, 4.69) is 21.3 Å². The van der Waals surface area contributed by atoms with E-state index in [0.717, 1.165) is 25.7 Å². The molecular formula is C72H124N6O26. The molecule has 0 aromatic rings. The predicted molar refractivity (Wildman–Crippen MR) is 366 cm³/mol. The number of fused-ring (bicyclic) bond motifs is 4. The summed E-state index contributed by atoms with van der Waals surface area (Å²) in [6.45, 7) is 37.8. The molecule has 0 aromatic heterocycles. The molecule has 32 nitrogen and oxygen atoms in total. The van der Waals surface area contributed by atoms with Crippen LogP contribution in [0.1, 0.15) is 162 Å². The van der Waals surface area contributed by atoms with Crippen molar-refractivity contribution in [2.75, 3.05) is 145 Å². The molecule has 4 N–H and O–H groups in total. The molecule has 4 amide bonds. The van der Waals surface area contributed by atoms with Crippen LogP contribution in [0.2, 0.25) is 0 Å². The first-order valence-electron chi connectivity index (χ1n) is 38.3. The van der Waals surface area contributed by atoms with Crippen LogP contribution in [0.5, 0.6) is 0 Å². The van der Waals surface area contributed by atoms with E-state index in [0.29, 0.717) is 118 Å². The Labute approximate surface area is 613 Å². The Kier molecular flexibility index (Phi) is 25.2. The molecule has 104 heavy (non-hydrogen) atoms. The van der Waals surface area contributed by atoms with Gasteiger partial charge in [0.1, 0.15) is 73.2 Å². The van der Waals surface area contributed by atoms with Gasteiger partial charge in [0.15, 0.2) is 46.3 Å². The number of hydrogen-bond donors (Lipinski definition) is 4. The molecule has 0 radical (unpaired) electrons. The number of amides is 4. The molecule has 0 spiro atoms. The molecule has 12 fully saturated rings. The van der Waals surface area contributed by atoms with Gasteiger partial charge in [-0.25, -0.2) is 9.59 Å². The van der Waals surface area contributed by atoms with Crippen LogP contribution >= 0.6 is 0 Å². The normalized spacial score (nSPS) is 38.3. The second kappa shape index (κ2) is 32.3. The predicted octanol–water partition coefficient (Wildman–Crippen LogP) is 4.97. The summed E-state index contributed by atoms with van der Waals surface area (Å²) in [6, 6.07) is -0.536. The van der Waals surface area contributed by atoms with E-state index >= 15 is 0 Å². The third-order valence-corrected chi connectivity index (χ3v) is 20.9. The summed E-state index contributed by atoms with van der Waals surface area (Å²) in [7, 11) is 0. The average Bonchev–Trinajstić information content (AvgIpc) is 1.60. The number of unbranched alkanes of at least 4 members (excludes halogenated alkanes) is 4. The van der Waals surface area contributed by atoms with Crippen molar-refractivity contribution in [1.82, 2.24) is 31.1 Å². The quantitative estimate of drug-likeness (QED) is 0.0597. The van der Waals surface area contributed by atoms with Crippen LogP contribution < -0.4 is 21.3 Å². The van der Waals surface area contributed by atoms with Gasteiger partial charge in [0.25, 0.3) is 0 Å². The molecule has 0 aliphatic carbocycles. The Morgan fingerprint density at radius 2 is 0.548 bits per heavy atom. The van der Waals surface area contributed by atoms with Gasteiger partial charge in [0.2, 0.25) is 23.1 Å². The SMILES string of the molecule is CC1(C)O[C@H]2CO[C@](OCCCCNCCNC(=O)N(CCCCO[C@]3([C@H]4COC(C)(C)O4)OC[C@@H]4OC(C)(C)O[C@H]43)CCN(CCCCO[C@]3([C@H]4COC(C)(C)O4)OC[C@@H]4OC(C)(C)O[C@H]43)C(=O)NCCNCCCCO[C@]3([C@H]4COC(C)(C)O4)OC[C@@H]4OC(C)(C)O[C@H]43)([C@H]3COC(C)(C)O3)[C@@H]2O1. The van der Waals surface area contributed by atoms with Crippen LogP contribution in [0.3, 0.4) is 0 Å². The van der Waals surface area contributed by atoms with E-state index in [-0.39, 0.29) is 89.2 Å². The lowest BCUT2D eigenvalue weighted by Gasteiger charge is -2.38. The van der Waals surface area contributed by atoms with Crippen molar-refractivity contribution in [3.05, 3.63) is 0 Å². The van der Waals surface area contributed by atoms with Crippen molar-refractivity contribution in [2.45, 2.75) is 305 Å². The van der Waals surface area contributed by atoms with Crippen molar-refractivity contribution >= 4 is 12.1 Å². The van der Waals surface area contributed by atoms with Crippen LogP contribution in [0, 0.1) is 0 Å². The molecule has 12 heterocycles. The molecule has 598 valence electrons. The summed E-state index contributed by atoms with van der Waals surface area (Å²) in [4.78, 5) is 32.6. The highest BCUT2D eigenvalue weighted by atomic mass is 16.9. The molecular weight excluding hydrogens is 1360 g/mol. The van der Waals surface area contributed by atoms with Gasteiger partial charge in [-0.05, 0) is 175 Å². The lowest BCUT2D eigenvalue weighted by Crippen LogP contribution is -2.56. The van der Waals surface area contributed by atoms with Crippen LogP contribution in [-0.4, -0.2) is 309 Å². The maximum absolute atomic E-state index is 14.5. The molecule has 0 saturated carbocycles. The summed E-state index contributed by atoms with van der Waals surface area (Å²) in [5.41, 5.74) is 0. The fourth-order valence-corrected chi connectivity index (χ4v) is 16.2. The average molecular weight is 1490 g/mol. The van der Waals surface area contributed by atoms with Crippen molar-refractivity contribution in [3.8, 4) is 0 Å². The maximum atomic E-state index is 14.5. The first-order chi connectivity index (χ1) is 49.1. The van der Waals surface area contributed by atoms with E-state index in [9.17, 15) is 9.59 Å². The molecule has 16 atom stereocenters. The summed E-state index contributed by atoms with van der Waals surface area (Å²) >= 11 is 0. The third kappa shape index (κ3) is 18.8. The van der Waals surface area contributed by atoms with Crippen LogP contribution in [0.15, 0.2) is 0 Å². The van der Waals surface area contributed by atoms with Crippen LogP contribution in [0.25, 0.3) is 0 Å². The van der Waals surface area contributed by atoms with E-state index in [1.807, 2.05) is 111 Å². The van der Waals surface area contributed by atoms with E-state index in [4.69, 9.17) is 114 Å². The van der Waals surface area contributed by atoms with Gasteiger partial charge < -0.3 is 145 Å². The van der Waals surface area contributed by atoms with Crippen molar-refractivity contribution in [3.63, 3.8) is 0 Å². The van der Waals surface area contributed by atoms with E-state index < -0.39 is 118 Å². The molecule has 0 unspecified atom stereocenters. The van der Waals surface area contributed by atoms with Crippen molar-refractivity contribution in [2.24, 2.45) is 0 Å². The second-order valence-corrected chi connectivity index (χ2v) is 32.9. The summed E-state index contributed by atoms with van der Waals surface area (Å²) < 4.78 is 152. The molecule has 0 bridgehead atoms. The van der Waals surface area contributed by atoms with E-state index in [1.165, 1.54) is 0 Å². The fourth-order valence-electron chi connectivity index (χ4n) is 16.2. The Balaban J connectivity index is 0.660. The van der Waals surface area contributed by atoms with Gasteiger partial charge in [-0.2, -0.15) is 0 Å². The van der Waals surface area contributed by atoms with Gasteiger partial charge in [0.05, 0.1) is 79.3 Å². The highest BCUT2D eigenvalue weighted by Gasteiger charge is 2.70. The zero-order valence-corrected chi connectivity index (χ0v) is 64.7. The minimum Gasteiger partial charge on any atom is -0.348 e.